The number of nitrogens with one attached hydrogen (secondary N) is 3. The van der Waals surface area contributed by atoms with Gasteiger partial charge in [-0.2, -0.15) is 0 Å². The molecule has 1 aromatic rings. The maximum absolute atomic E-state index is 14.5. The lowest BCUT2D eigenvalue weighted by molar-refractivity contribution is -0.144. The lowest BCUT2D eigenvalue weighted by Crippen LogP contribution is -2.58. The molecule has 1 aliphatic carbocycles. The highest BCUT2D eigenvalue weighted by Gasteiger charge is 2.46. The van der Waals surface area contributed by atoms with Crippen molar-refractivity contribution in [1.29, 1.82) is 0 Å². The van der Waals surface area contributed by atoms with Gasteiger partial charge in [0.05, 0.1) is 30.8 Å². The Morgan fingerprint density at radius 2 is 1.93 bits per heavy atom. The van der Waals surface area contributed by atoms with Crippen molar-refractivity contribution in [3.05, 3.63) is 42.5 Å². The van der Waals surface area contributed by atoms with Crippen LogP contribution in [0.15, 0.2) is 36.9 Å². The molecule has 4 rings (SSSR count). The highest BCUT2D eigenvalue weighted by molar-refractivity contribution is 6.38. The highest BCUT2D eigenvalue weighted by Crippen LogP contribution is 2.32. The van der Waals surface area contributed by atoms with E-state index in [4.69, 9.17) is 9.47 Å². The van der Waals surface area contributed by atoms with Gasteiger partial charge in [0.2, 0.25) is 23.5 Å². The Labute approximate surface area is 272 Å². The van der Waals surface area contributed by atoms with Crippen LogP contribution in [0.5, 0.6) is 5.75 Å². The van der Waals surface area contributed by atoms with Crippen molar-refractivity contribution in [3.8, 4) is 5.75 Å². The maximum Gasteiger partial charge on any atom is 0.289 e. The monoisotopic (exact) mass is 638 g/mol. The molecular weight excluding hydrogens is 588 g/mol. The second kappa shape index (κ2) is 16.2. The molecule has 4 bridgehead atoms. The fourth-order valence-electron chi connectivity index (χ4n) is 6.72. The molecule has 3 aliphatic rings. The van der Waals surface area contributed by atoms with Gasteiger partial charge in [-0.25, -0.2) is 0 Å². The first-order chi connectivity index (χ1) is 22.0. The summed E-state index contributed by atoms with van der Waals surface area (Å²) in [6.45, 7) is 9.99. The van der Waals surface area contributed by atoms with Gasteiger partial charge in [0.15, 0.2) is 0 Å². The van der Waals surface area contributed by atoms with Crippen LogP contribution >= 0.6 is 0 Å². The molecule has 252 valence electrons. The van der Waals surface area contributed by atoms with Crippen LogP contribution in [0, 0.1) is 5.92 Å². The van der Waals surface area contributed by atoms with E-state index in [0.29, 0.717) is 25.2 Å². The smallest absolute Gasteiger partial charge is 0.289 e. The largest absolute Gasteiger partial charge is 0.493 e. The summed E-state index contributed by atoms with van der Waals surface area (Å²) < 4.78 is 12.5. The number of fused-ring (bicyclic) bond motifs is 4. The molecule has 2 aliphatic heterocycles. The molecule has 0 radical (unpaired) electrons. The van der Waals surface area contributed by atoms with Crippen molar-refractivity contribution in [2.75, 3.05) is 19.7 Å². The quantitative estimate of drug-likeness (QED) is 0.279. The number of rotatable bonds is 9. The van der Waals surface area contributed by atoms with Crippen molar-refractivity contribution in [1.82, 2.24) is 20.9 Å². The maximum atomic E-state index is 14.5. The molecule has 1 unspecified atom stereocenters. The minimum atomic E-state index is -1.04. The number of carbonyl (C=O) groups is 5. The topological polar surface area (TPSA) is 143 Å². The van der Waals surface area contributed by atoms with E-state index in [2.05, 4.69) is 22.5 Å². The summed E-state index contributed by atoms with van der Waals surface area (Å²) >= 11 is 0. The van der Waals surface area contributed by atoms with Gasteiger partial charge in [0.25, 0.3) is 5.91 Å². The average molecular weight is 639 g/mol. The number of hydrogen-bond acceptors (Lipinski definition) is 7. The second-order valence-electron chi connectivity index (χ2n) is 13.3. The van der Waals surface area contributed by atoms with Gasteiger partial charge in [-0.1, -0.05) is 50.8 Å². The van der Waals surface area contributed by atoms with Crippen molar-refractivity contribution < 1.29 is 33.4 Å². The summed E-state index contributed by atoms with van der Waals surface area (Å²) in [4.78, 5) is 68.8. The Morgan fingerprint density at radius 1 is 1.17 bits per heavy atom. The minimum absolute atomic E-state index is 0.0677. The number of Topliss-reactive ketones (excluding diaryl/α,β-unsaturated/α-hetero) is 1. The zero-order valence-electron chi connectivity index (χ0n) is 27.5. The first kappa shape index (κ1) is 35.1. The van der Waals surface area contributed by atoms with E-state index in [1.165, 1.54) is 11.0 Å². The summed E-state index contributed by atoms with van der Waals surface area (Å²) in [6, 6.07) is 4.61. The number of ketones is 1. The average Bonchev–Trinajstić information content (AvgIpc) is 3.44. The van der Waals surface area contributed by atoms with Gasteiger partial charge in [-0.05, 0) is 56.7 Å². The minimum Gasteiger partial charge on any atom is -0.493 e. The van der Waals surface area contributed by atoms with Gasteiger partial charge in [0, 0.05) is 25.9 Å². The highest BCUT2D eigenvalue weighted by atomic mass is 16.5. The van der Waals surface area contributed by atoms with Crippen LogP contribution < -0.4 is 20.7 Å². The van der Waals surface area contributed by atoms with Crippen LogP contribution in [0.4, 0.5) is 0 Å². The molecule has 11 heteroatoms. The molecule has 0 aromatic heterocycles. The first-order valence-corrected chi connectivity index (χ1v) is 16.7. The Hall–Kier alpha value is -3.73. The molecule has 1 saturated heterocycles. The molecule has 11 nitrogen and oxygen atoms in total. The Bertz CT molecular complexity index is 1280. The Morgan fingerprint density at radius 3 is 2.65 bits per heavy atom. The molecule has 46 heavy (non-hydrogen) atoms. The van der Waals surface area contributed by atoms with Crippen LogP contribution in [0.25, 0.3) is 0 Å². The first-order valence-electron chi connectivity index (χ1n) is 16.7. The molecule has 1 aromatic carbocycles. The molecule has 2 heterocycles. The van der Waals surface area contributed by atoms with Gasteiger partial charge in [-0.3, -0.25) is 24.0 Å². The summed E-state index contributed by atoms with van der Waals surface area (Å²) in [7, 11) is 0. The molecule has 1 saturated carbocycles. The lowest BCUT2D eigenvalue weighted by atomic mass is 9.83. The normalized spacial score (nSPS) is 24.7. The van der Waals surface area contributed by atoms with E-state index in [1.54, 1.807) is 0 Å². The second-order valence-corrected chi connectivity index (χ2v) is 13.3. The summed E-state index contributed by atoms with van der Waals surface area (Å²) in [5, 5.41) is 8.30. The van der Waals surface area contributed by atoms with Crippen molar-refractivity contribution in [2.24, 2.45) is 5.92 Å². The number of ether oxygens (including phenoxy) is 2. The van der Waals surface area contributed by atoms with Crippen LogP contribution in [-0.2, 0) is 35.1 Å². The van der Waals surface area contributed by atoms with Gasteiger partial charge in [-0.15, -0.1) is 6.58 Å². The number of benzene rings is 1. The zero-order valence-corrected chi connectivity index (χ0v) is 27.5. The summed E-state index contributed by atoms with van der Waals surface area (Å²) in [5.41, 5.74) is 0.148. The van der Waals surface area contributed by atoms with Crippen LogP contribution in [0.2, 0.25) is 0 Å². The number of nitrogens with zero attached hydrogens (tertiary/aromatic N) is 1. The van der Waals surface area contributed by atoms with E-state index in [-0.39, 0.29) is 50.1 Å². The molecule has 4 atom stereocenters. The van der Waals surface area contributed by atoms with Gasteiger partial charge >= 0.3 is 0 Å². The van der Waals surface area contributed by atoms with E-state index in [0.717, 1.165) is 37.7 Å². The summed E-state index contributed by atoms with van der Waals surface area (Å²) in [6.07, 6.45) is 7.26. The third-order valence-corrected chi connectivity index (χ3v) is 9.11. The molecule has 3 N–H and O–H groups in total. The molecular formula is C35H50N4O7. The van der Waals surface area contributed by atoms with E-state index in [9.17, 15) is 24.0 Å². The number of carbonyl (C=O) groups excluding carboxylic acids is 5. The SMILES string of the molecule is C=CCNC(=O)C(=O)C(CCC)NC(=O)[C@@H]1C[C@@H]2CN1C(=O)[C@H](C1CCCCC1)NC(=O)Cc1cccc(c1)OCCC(C)(C)O2. The molecule has 2 fully saturated rings. The third kappa shape index (κ3) is 9.40. The Balaban J connectivity index is 1.64. The fraction of sp³-hybridized carbons (Fsp3) is 0.629. The number of amides is 4. The Kier molecular flexibility index (Phi) is 12.4. The van der Waals surface area contributed by atoms with Crippen LogP contribution in [0.3, 0.4) is 0 Å². The predicted molar refractivity (Wildman–Crippen MR) is 173 cm³/mol. The van der Waals surface area contributed by atoms with E-state index in [1.807, 2.05) is 45.0 Å². The lowest BCUT2D eigenvalue weighted by Gasteiger charge is -2.35. The van der Waals surface area contributed by atoms with Crippen molar-refractivity contribution in [3.63, 3.8) is 0 Å². The van der Waals surface area contributed by atoms with Gasteiger partial charge < -0.3 is 30.3 Å². The third-order valence-electron chi connectivity index (χ3n) is 9.11. The standard InChI is InChI=1S/C35H50N4O7/c1-5-11-27(31(41)33(43)36-17-6-2)37-32(42)28-21-26-22-39(28)34(44)30(24-13-8-7-9-14-24)38-29(40)20-23-12-10-15-25(19-23)45-18-16-35(3,4)46-26/h6,10,12,15,19,24,26-28,30H,2,5,7-9,11,13-14,16-18,20-22H2,1,3-4H3,(H,36,43)(H,37,42)(H,38,40)/t26-,27?,28+,30+/m1/s1. The zero-order chi connectivity index (χ0) is 33.3. The number of hydrogen-bond donors (Lipinski definition) is 3. The fourth-order valence-corrected chi connectivity index (χ4v) is 6.72. The van der Waals surface area contributed by atoms with Crippen molar-refractivity contribution >= 4 is 29.4 Å². The van der Waals surface area contributed by atoms with E-state index >= 15 is 0 Å². The van der Waals surface area contributed by atoms with Crippen LogP contribution in [0.1, 0.15) is 84.1 Å². The predicted octanol–water partition coefficient (Wildman–Crippen LogP) is 3.00. The molecule has 0 spiro atoms. The van der Waals surface area contributed by atoms with Crippen molar-refractivity contribution in [2.45, 2.75) is 115 Å². The summed E-state index contributed by atoms with van der Waals surface area (Å²) in [5.74, 6) is -2.08. The molecule has 4 amide bonds. The van der Waals surface area contributed by atoms with Crippen LogP contribution in [-0.4, -0.2) is 83.8 Å². The van der Waals surface area contributed by atoms with Gasteiger partial charge in [0.1, 0.15) is 17.8 Å². The van der Waals surface area contributed by atoms with E-state index < -0.39 is 47.4 Å².